The molecule has 4 heteroatoms. The van der Waals surface area contributed by atoms with E-state index in [1.54, 1.807) is 6.92 Å². The highest BCUT2D eigenvalue weighted by Gasteiger charge is 2.30. The van der Waals surface area contributed by atoms with Gasteiger partial charge >= 0.3 is 11.9 Å². The van der Waals surface area contributed by atoms with Crippen LogP contribution in [0.5, 0.6) is 0 Å². The number of carboxylic acid groups (broad SMARTS) is 1. The number of hydrogen-bond donors (Lipinski definition) is 1. The van der Waals surface area contributed by atoms with Crippen molar-refractivity contribution in [3.8, 4) is 0 Å². The molecular formula is C16H22O4. The monoisotopic (exact) mass is 278 g/mol. The van der Waals surface area contributed by atoms with Crippen LogP contribution < -0.4 is 0 Å². The molecule has 0 heterocycles. The standard InChI is InChI=1S/C16H22O4/c1-3-4-10-14(15(17)18)12(2)16(19)20-11-13-8-6-5-7-9-13/h5-9,12,14H,3-4,10-11H2,1-2H3,(H,17,18). The summed E-state index contributed by atoms with van der Waals surface area (Å²) in [5, 5.41) is 9.20. The maximum atomic E-state index is 11.9. The maximum Gasteiger partial charge on any atom is 0.309 e. The molecule has 4 nitrogen and oxygen atoms in total. The molecular weight excluding hydrogens is 256 g/mol. The van der Waals surface area contributed by atoms with E-state index in [4.69, 9.17) is 4.74 Å². The second kappa shape index (κ2) is 8.35. The van der Waals surface area contributed by atoms with Crippen LogP contribution in [0.15, 0.2) is 30.3 Å². The van der Waals surface area contributed by atoms with E-state index in [0.29, 0.717) is 6.42 Å². The van der Waals surface area contributed by atoms with Gasteiger partial charge in [0.1, 0.15) is 6.61 Å². The minimum absolute atomic E-state index is 0.185. The lowest BCUT2D eigenvalue weighted by atomic mass is 9.89. The van der Waals surface area contributed by atoms with Crippen LogP contribution in [-0.2, 0) is 20.9 Å². The summed E-state index contributed by atoms with van der Waals surface area (Å²) in [7, 11) is 0. The van der Waals surface area contributed by atoms with E-state index in [-0.39, 0.29) is 6.61 Å². The van der Waals surface area contributed by atoms with Gasteiger partial charge in [-0.25, -0.2) is 0 Å². The molecule has 0 aliphatic rings. The first-order valence-electron chi connectivity index (χ1n) is 6.99. The normalized spacial score (nSPS) is 13.5. The second-order valence-corrected chi connectivity index (χ2v) is 4.97. The average Bonchev–Trinajstić information content (AvgIpc) is 2.45. The van der Waals surface area contributed by atoms with Crippen molar-refractivity contribution in [1.29, 1.82) is 0 Å². The number of carbonyl (C=O) groups excluding carboxylic acids is 1. The summed E-state index contributed by atoms with van der Waals surface area (Å²) in [5.41, 5.74) is 0.897. The molecule has 20 heavy (non-hydrogen) atoms. The van der Waals surface area contributed by atoms with Gasteiger partial charge in [-0.15, -0.1) is 0 Å². The highest BCUT2D eigenvalue weighted by Crippen LogP contribution is 2.21. The van der Waals surface area contributed by atoms with E-state index in [1.165, 1.54) is 0 Å². The van der Waals surface area contributed by atoms with E-state index in [0.717, 1.165) is 18.4 Å². The summed E-state index contributed by atoms with van der Waals surface area (Å²) in [5.74, 6) is -2.67. The van der Waals surface area contributed by atoms with Crippen LogP contribution in [0.4, 0.5) is 0 Å². The Morgan fingerprint density at radius 2 is 1.90 bits per heavy atom. The van der Waals surface area contributed by atoms with E-state index in [9.17, 15) is 14.7 Å². The molecule has 0 radical (unpaired) electrons. The van der Waals surface area contributed by atoms with Crippen molar-refractivity contribution < 1.29 is 19.4 Å². The SMILES string of the molecule is CCCCC(C(=O)O)C(C)C(=O)OCc1ccccc1. The summed E-state index contributed by atoms with van der Waals surface area (Å²) in [6.45, 7) is 3.81. The molecule has 0 bridgehead atoms. The molecule has 1 aromatic rings. The van der Waals surface area contributed by atoms with Gasteiger partial charge < -0.3 is 9.84 Å². The quantitative estimate of drug-likeness (QED) is 0.741. The van der Waals surface area contributed by atoms with Crippen molar-refractivity contribution in [3.05, 3.63) is 35.9 Å². The van der Waals surface area contributed by atoms with E-state index < -0.39 is 23.8 Å². The van der Waals surface area contributed by atoms with E-state index in [2.05, 4.69) is 0 Å². The number of rotatable bonds is 8. The van der Waals surface area contributed by atoms with Crippen LogP contribution in [0.25, 0.3) is 0 Å². The van der Waals surface area contributed by atoms with Crippen LogP contribution in [-0.4, -0.2) is 17.0 Å². The number of carboxylic acids is 1. The van der Waals surface area contributed by atoms with Gasteiger partial charge in [0, 0.05) is 0 Å². The molecule has 110 valence electrons. The van der Waals surface area contributed by atoms with Gasteiger partial charge in [0.05, 0.1) is 11.8 Å². The molecule has 0 aromatic heterocycles. The lowest BCUT2D eigenvalue weighted by molar-refractivity contribution is -0.158. The zero-order chi connectivity index (χ0) is 15.0. The number of unbranched alkanes of at least 4 members (excludes halogenated alkanes) is 1. The fourth-order valence-corrected chi connectivity index (χ4v) is 2.04. The Morgan fingerprint density at radius 3 is 2.45 bits per heavy atom. The average molecular weight is 278 g/mol. The van der Waals surface area contributed by atoms with E-state index in [1.807, 2.05) is 37.3 Å². The molecule has 0 saturated carbocycles. The number of carbonyl (C=O) groups is 2. The smallest absolute Gasteiger partial charge is 0.309 e. The molecule has 2 unspecified atom stereocenters. The number of ether oxygens (including phenoxy) is 1. The third-order valence-electron chi connectivity index (χ3n) is 3.39. The number of benzene rings is 1. The first-order chi connectivity index (χ1) is 9.56. The Kier molecular flexibility index (Phi) is 6.77. The first-order valence-corrected chi connectivity index (χ1v) is 6.99. The fraction of sp³-hybridized carbons (Fsp3) is 0.500. The summed E-state index contributed by atoms with van der Waals surface area (Å²) in [6.07, 6.45) is 2.22. The first kappa shape index (κ1) is 16.2. The largest absolute Gasteiger partial charge is 0.481 e. The summed E-state index contributed by atoms with van der Waals surface area (Å²) in [4.78, 5) is 23.2. The van der Waals surface area contributed by atoms with Crippen LogP contribution >= 0.6 is 0 Å². The molecule has 1 N–H and O–H groups in total. The maximum absolute atomic E-state index is 11.9. The predicted octanol–water partition coefficient (Wildman–Crippen LogP) is 3.26. The predicted molar refractivity (Wildman–Crippen MR) is 76.1 cm³/mol. The van der Waals surface area contributed by atoms with Gasteiger partial charge in [0.2, 0.25) is 0 Å². The van der Waals surface area contributed by atoms with Gasteiger partial charge in [0.15, 0.2) is 0 Å². The van der Waals surface area contributed by atoms with Crippen LogP contribution in [0.2, 0.25) is 0 Å². The topological polar surface area (TPSA) is 63.6 Å². The molecule has 0 fully saturated rings. The zero-order valence-electron chi connectivity index (χ0n) is 12.0. The van der Waals surface area contributed by atoms with Crippen LogP contribution in [0.3, 0.4) is 0 Å². The molecule has 0 spiro atoms. The third kappa shape index (κ3) is 5.03. The van der Waals surface area contributed by atoms with Gasteiger partial charge in [-0.05, 0) is 12.0 Å². The van der Waals surface area contributed by atoms with Crippen molar-refractivity contribution in [2.45, 2.75) is 39.7 Å². The lowest BCUT2D eigenvalue weighted by Crippen LogP contribution is -2.29. The highest BCUT2D eigenvalue weighted by molar-refractivity contribution is 5.80. The van der Waals surface area contributed by atoms with Crippen molar-refractivity contribution >= 4 is 11.9 Å². The molecule has 0 aliphatic carbocycles. The molecule has 1 aromatic carbocycles. The molecule has 1 rings (SSSR count). The van der Waals surface area contributed by atoms with Gasteiger partial charge in [-0.1, -0.05) is 57.0 Å². The summed E-state index contributed by atoms with van der Waals surface area (Å²) in [6, 6.07) is 9.36. The van der Waals surface area contributed by atoms with Crippen LogP contribution in [0, 0.1) is 11.8 Å². The lowest BCUT2D eigenvalue weighted by Gasteiger charge is -2.18. The highest BCUT2D eigenvalue weighted by atomic mass is 16.5. The van der Waals surface area contributed by atoms with Crippen LogP contribution in [0.1, 0.15) is 38.7 Å². The summed E-state index contributed by atoms with van der Waals surface area (Å²) < 4.78 is 5.20. The number of hydrogen-bond acceptors (Lipinski definition) is 3. The van der Waals surface area contributed by atoms with Crippen molar-refractivity contribution in [1.82, 2.24) is 0 Å². The number of aliphatic carboxylic acids is 1. The third-order valence-corrected chi connectivity index (χ3v) is 3.39. The number of esters is 1. The minimum atomic E-state index is -0.928. The second-order valence-electron chi connectivity index (χ2n) is 4.97. The zero-order valence-corrected chi connectivity index (χ0v) is 12.0. The Labute approximate surface area is 119 Å². The van der Waals surface area contributed by atoms with Crippen molar-refractivity contribution in [3.63, 3.8) is 0 Å². The van der Waals surface area contributed by atoms with Crippen molar-refractivity contribution in [2.24, 2.45) is 11.8 Å². The molecule has 2 atom stereocenters. The van der Waals surface area contributed by atoms with Gasteiger partial charge in [0.25, 0.3) is 0 Å². The Balaban J connectivity index is 2.53. The molecule has 0 amide bonds. The fourth-order valence-electron chi connectivity index (χ4n) is 2.04. The molecule has 0 aliphatic heterocycles. The Morgan fingerprint density at radius 1 is 1.25 bits per heavy atom. The van der Waals surface area contributed by atoms with Gasteiger partial charge in [-0.3, -0.25) is 9.59 Å². The van der Waals surface area contributed by atoms with Crippen molar-refractivity contribution in [2.75, 3.05) is 0 Å². The summed E-state index contributed by atoms with van der Waals surface area (Å²) >= 11 is 0. The minimum Gasteiger partial charge on any atom is -0.481 e. The Hall–Kier alpha value is -1.84. The molecule has 0 saturated heterocycles. The van der Waals surface area contributed by atoms with E-state index >= 15 is 0 Å². The van der Waals surface area contributed by atoms with Gasteiger partial charge in [-0.2, -0.15) is 0 Å². The Bertz CT molecular complexity index is 427.